The Hall–Kier alpha value is -3.09. The van der Waals surface area contributed by atoms with Crippen LogP contribution in [0.25, 0.3) is 0 Å². The lowest BCUT2D eigenvalue weighted by atomic mass is 9.94. The van der Waals surface area contributed by atoms with Gasteiger partial charge in [-0.15, -0.1) is 0 Å². The maximum Gasteiger partial charge on any atom is 0.204 e. The number of phenolic OH excluding ortho intramolecular Hbond substituents is 3. The maximum atomic E-state index is 12.5. The molecule has 1 atom stereocenters. The molecule has 0 aliphatic carbocycles. The second kappa shape index (κ2) is 5.84. The minimum absolute atomic E-state index is 0.0123. The number of Topliss-reactive ketones (excluding diaryl/α,β-unsaturated/α-hetero) is 1. The molecule has 1 aliphatic heterocycles. The minimum Gasteiger partial charge on any atom is -0.507 e. The summed E-state index contributed by atoms with van der Waals surface area (Å²) in [6, 6.07) is 5.52. The van der Waals surface area contributed by atoms with Crippen LogP contribution in [0.1, 0.15) is 28.4 Å². The summed E-state index contributed by atoms with van der Waals surface area (Å²) >= 11 is 0. The molecular formula is C17H16O7. The first-order chi connectivity index (χ1) is 11.5. The number of phenols is 3. The van der Waals surface area contributed by atoms with Gasteiger partial charge in [-0.1, -0.05) is 6.07 Å². The molecule has 0 saturated carbocycles. The molecule has 7 nitrogen and oxygen atoms in total. The normalized spacial score (nSPS) is 16.2. The van der Waals surface area contributed by atoms with E-state index in [4.69, 9.17) is 14.2 Å². The smallest absolute Gasteiger partial charge is 0.204 e. The Morgan fingerprint density at radius 3 is 2.33 bits per heavy atom. The highest BCUT2D eigenvalue weighted by Crippen LogP contribution is 2.51. The second-order valence-corrected chi connectivity index (χ2v) is 5.28. The molecule has 2 aromatic carbocycles. The summed E-state index contributed by atoms with van der Waals surface area (Å²) in [6.07, 6.45) is -1.08. The van der Waals surface area contributed by atoms with Gasteiger partial charge in [0.2, 0.25) is 5.75 Å². The van der Waals surface area contributed by atoms with Crippen molar-refractivity contribution in [3.63, 3.8) is 0 Å². The lowest BCUT2D eigenvalue weighted by Gasteiger charge is -2.28. The molecule has 0 amide bonds. The van der Waals surface area contributed by atoms with E-state index >= 15 is 0 Å². The van der Waals surface area contributed by atoms with Crippen LogP contribution in [0.5, 0.6) is 34.5 Å². The van der Waals surface area contributed by atoms with Crippen LogP contribution >= 0.6 is 0 Å². The Kier molecular flexibility index (Phi) is 3.84. The number of ketones is 1. The van der Waals surface area contributed by atoms with E-state index < -0.39 is 11.9 Å². The summed E-state index contributed by atoms with van der Waals surface area (Å²) in [6.45, 7) is 0. The number of rotatable bonds is 3. The van der Waals surface area contributed by atoms with Crippen molar-refractivity contribution in [2.24, 2.45) is 0 Å². The molecule has 0 radical (unpaired) electrons. The number of fused-ring (bicyclic) bond motifs is 1. The van der Waals surface area contributed by atoms with Crippen molar-refractivity contribution < 1.29 is 34.3 Å². The molecule has 1 unspecified atom stereocenters. The standard InChI is InChI=1S/C17H16O7/c1-22-13-7-11(21)15-10(20)6-12(24-17(15)16(13)23-2)14-8(18)4-3-5-9(14)19/h3-5,7,12,18-19,21H,6H2,1-2H3. The average molecular weight is 332 g/mol. The van der Waals surface area contributed by atoms with Gasteiger partial charge in [-0.05, 0) is 12.1 Å². The van der Waals surface area contributed by atoms with Gasteiger partial charge in [-0.2, -0.15) is 0 Å². The molecule has 0 fully saturated rings. The van der Waals surface area contributed by atoms with Crippen LogP contribution in [-0.4, -0.2) is 35.3 Å². The van der Waals surface area contributed by atoms with Gasteiger partial charge in [0.15, 0.2) is 17.3 Å². The number of hydrogen-bond acceptors (Lipinski definition) is 7. The quantitative estimate of drug-likeness (QED) is 0.793. The summed E-state index contributed by atoms with van der Waals surface area (Å²) in [7, 11) is 2.77. The fraction of sp³-hybridized carbons (Fsp3) is 0.235. The van der Waals surface area contributed by atoms with Gasteiger partial charge in [-0.25, -0.2) is 0 Å². The molecule has 0 spiro atoms. The molecule has 2 aromatic rings. The average Bonchev–Trinajstić information content (AvgIpc) is 2.53. The third-order valence-electron chi connectivity index (χ3n) is 3.90. The zero-order chi connectivity index (χ0) is 17.4. The number of methoxy groups -OCH3 is 2. The monoisotopic (exact) mass is 332 g/mol. The van der Waals surface area contributed by atoms with Crippen LogP contribution in [0, 0.1) is 0 Å². The van der Waals surface area contributed by atoms with Gasteiger partial charge in [0.25, 0.3) is 0 Å². The van der Waals surface area contributed by atoms with E-state index in [9.17, 15) is 20.1 Å². The highest BCUT2D eigenvalue weighted by Gasteiger charge is 2.36. The fourth-order valence-electron chi connectivity index (χ4n) is 2.82. The van der Waals surface area contributed by atoms with Gasteiger partial charge < -0.3 is 29.5 Å². The van der Waals surface area contributed by atoms with Crippen molar-refractivity contribution in [1.82, 2.24) is 0 Å². The van der Waals surface area contributed by atoms with Crippen molar-refractivity contribution >= 4 is 5.78 Å². The van der Waals surface area contributed by atoms with Gasteiger partial charge in [0, 0.05) is 6.07 Å². The molecule has 0 saturated heterocycles. The topological polar surface area (TPSA) is 105 Å². The van der Waals surface area contributed by atoms with E-state index in [1.165, 1.54) is 38.5 Å². The largest absolute Gasteiger partial charge is 0.507 e. The Balaban J connectivity index is 2.16. The predicted molar refractivity (Wildman–Crippen MR) is 83.3 cm³/mol. The molecule has 1 aliphatic rings. The van der Waals surface area contributed by atoms with Crippen molar-refractivity contribution in [2.45, 2.75) is 12.5 Å². The number of aromatic hydroxyl groups is 3. The zero-order valence-electron chi connectivity index (χ0n) is 13.1. The van der Waals surface area contributed by atoms with E-state index in [0.29, 0.717) is 0 Å². The molecular weight excluding hydrogens is 316 g/mol. The minimum atomic E-state index is -0.924. The molecule has 3 rings (SSSR count). The molecule has 3 N–H and O–H groups in total. The Morgan fingerprint density at radius 2 is 1.75 bits per heavy atom. The van der Waals surface area contributed by atoms with Crippen LogP contribution < -0.4 is 14.2 Å². The van der Waals surface area contributed by atoms with Crippen LogP contribution in [0.4, 0.5) is 0 Å². The summed E-state index contributed by atoms with van der Waals surface area (Å²) in [5, 5.41) is 30.1. The number of carbonyl (C=O) groups is 1. The second-order valence-electron chi connectivity index (χ2n) is 5.28. The molecule has 7 heteroatoms. The lowest BCUT2D eigenvalue weighted by Crippen LogP contribution is -2.21. The highest BCUT2D eigenvalue weighted by molar-refractivity contribution is 6.04. The fourth-order valence-corrected chi connectivity index (χ4v) is 2.82. The van der Waals surface area contributed by atoms with Crippen LogP contribution in [0.2, 0.25) is 0 Å². The molecule has 0 bridgehead atoms. The SMILES string of the molecule is COc1cc(O)c2c(c1OC)OC(c1c(O)cccc1O)CC2=O. The predicted octanol–water partition coefficient (Wildman–Crippen LogP) is 2.53. The first kappa shape index (κ1) is 15.8. The van der Waals surface area contributed by atoms with Crippen LogP contribution in [0.3, 0.4) is 0 Å². The van der Waals surface area contributed by atoms with E-state index in [2.05, 4.69) is 0 Å². The van der Waals surface area contributed by atoms with Crippen molar-refractivity contribution in [3.8, 4) is 34.5 Å². The Labute approximate surface area is 137 Å². The number of ether oxygens (including phenoxy) is 3. The van der Waals surface area contributed by atoms with Crippen molar-refractivity contribution in [1.29, 1.82) is 0 Å². The zero-order valence-corrected chi connectivity index (χ0v) is 13.1. The summed E-state index contributed by atoms with van der Waals surface area (Å²) in [4.78, 5) is 12.5. The Bertz CT molecular complexity index is 793. The number of benzene rings is 2. The number of carbonyl (C=O) groups excluding carboxylic acids is 1. The van der Waals surface area contributed by atoms with Crippen LogP contribution in [-0.2, 0) is 0 Å². The molecule has 0 aromatic heterocycles. The highest BCUT2D eigenvalue weighted by atomic mass is 16.5. The third kappa shape index (κ3) is 2.34. The summed E-state index contributed by atoms with van der Waals surface area (Å²) < 4.78 is 16.2. The van der Waals surface area contributed by atoms with Gasteiger partial charge in [0.05, 0.1) is 26.2 Å². The van der Waals surface area contributed by atoms with Crippen LogP contribution in [0.15, 0.2) is 24.3 Å². The first-order valence-electron chi connectivity index (χ1n) is 7.16. The van der Waals surface area contributed by atoms with E-state index in [1.807, 2.05) is 0 Å². The molecule has 1 heterocycles. The van der Waals surface area contributed by atoms with E-state index in [-0.39, 0.29) is 52.0 Å². The lowest BCUT2D eigenvalue weighted by molar-refractivity contribution is 0.0830. The first-order valence-corrected chi connectivity index (χ1v) is 7.16. The number of hydrogen-bond donors (Lipinski definition) is 3. The van der Waals surface area contributed by atoms with Gasteiger partial charge in [-0.3, -0.25) is 4.79 Å². The molecule has 126 valence electrons. The van der Waals surface area contributed by atoms with Crippen molar-refractivity contribution in [2.75, 3.05) is 14.2 Å². The maximum absolute atomic E-state index is 12.5. The van der Waals surface area contributed by atoms with Gasteiger partial charge in [0.1, 0.15) is 28.9 Å². The van der Waals surface area contributed by atoms with Gasteiger partial charge >= 0.3 is 0 Å². The Morgan fingerprint density at radius 1 is 1.08 bits per heavy atom. The van der Waals surface area contributed by atoms with E-state index in [1.54, 1.807) is 0 Å². The van der Waals surface area contributed by atoms with E-state index in [0.717, 1.165) is 0 Å². The molecule has 24 heavy (non-hydrogen) atoms. The van der Waals surface area contributed by atoms with Crippen molar-refractivity contribution in [3.05, 3.63) is 35.4 Å². The third-order valence-corrected chi connectivity index (χ3v) is 3.90. The summed E-state index contributed by atoms with van der Waals surface area (Å²) in [5.41, 5.74) is 0.0830. The summed E-state index contributed by atoms with van der Waals surface area (Å²) in [5.74, 6) is -0.708.